The number of nitrogens with one attached hydrogen (secondary N) is 3. The molecule has 3 N–H and O–H groups in total. The van der Waals surface area contributed by atoms with Gasteiger partial charge < -0.3 is 30.5 Å². The summed E-state index contributed by atoms with van der Waals surface area (Å²) in [6.07, 6.45) is 1.58. The fraction of sp³-hybridized carbons (Fsp3) is 0.586. The summed E-state index contributed by atoms with van der Waals surface area (Å²) in [5, 5.41) is 8.81. The molecule has 42 heavy (non-hydrogen) atoms. The van der Waals surface area contributed by atoms with E-state index in [0.717, 1.165) is 51.4 Å². The Morgan fingerprint density at radius 3 is 2.50 bits per heavy atom. The zero-order chi connectivity index (χ0) is 30.0. The maximum atomic E-state index is 13.9. The molecular formula is C29H38F3N7O3. The van der Waals surface area contributed by atoms with Crippen LogP contribution < -0.4 is 20.7 Å². The Kier molecular flexibility index (Phi) is 8.76. The summed E-state index contributed by atoms with van der Waals surface area (Å²) in [5.74, 6) is -0.842. The fourth-order valence-corrected chi connectivity index (χ4v) is 5.73. The van der Waals surface area contributed by atoms with Crippen molar-refractivity contribution in [3.63, 3.8) is 0 Å². The van der Waals surface area contributed by atoms with Crippen molar-refractivity contribution in [2.24, 2.45) is 5.92 Å². The minimum atomic E-state index is -4.68. The first-order chi connectivity index (χ1) is 20.0. The smallest absolute Gasteiger partial charge is 0.421 e. The summed E-state index contributed by atoms with van der Waals surface area (Å²) in [5.41, 5.74) is -0.174. The van der Waals surface area contributed by atoms with Gasteiger partial charge in [-0.05, 0) is 70.8 Å². The van der Waals surface area contributed by atoms with Gasteiger partial charge in [-0.2, -0.15) is 18.2 Å². The van der Waals surface area contributed by atoms with Crippen LogP contribution in [-0.4, -0.2) is 84.0 Å². The zero-order valence-electron chi connectivity index (χ0n) is 24.1. The molecule has 1 aromatic heterocycles. The van der Waals surface area contributed by atoms with Crippen molar-refractivity contribution in [2.45, 2.75) is 69.2 Å². The first kappa shape index (κ1) is 29.9. The van der Waals surface area contributed by atoms with Gasteiger partial charge in [-0.3, -0.25) is 9.59 Å². The number of nitrogens with zero attached hydrogens (tertiary/aromatic N) is 4. The molecule has 3 aliphatic rings. The highest BCUT2D eigenvalue weighted by atomic mass is 19.4. The van der Waals surface area contributed by atoms with E-state index in [0.29, 0.717) is 29.8 Å². The number of aromatic nitrogens is 2. The maximum absolute atomic E-state index is 13.9. The number of anilines is 3. The van der Waals surface area contributed by atoms with Crippen molar-refractivity contribution in [1.29, 1.82) is 0 Å². The van der Waals surface area contributed by atoms with Crippen LogP contribution in [0.4, 0.5) is 30.6 Å². The van der Waals surface area contributed by atoms with Gasteiger partial charge >= 0.3 is 6.18 Å². The average molecular weight is 590 g/mol. The molecule has 2 heterocycles. The van der Waals surface area contributed by atoms with Crippen LogP contribution >= 0.6 is 0 Å². The molecule has 13 heteroatoms. The van der Waals surface area contributed by atoms with E-state index in [2.05, 4.69) is 37.9 Å². The minimum Gasteiger partial charge on any atom is -0.496 e. The lowest BCUT2D eigenvalue weighted by Crippen LogP contribution is -2.44. The van der Waals surface area contributed by atoms with Crippen LogP contribution in [0, 0.1) is 5.92 Å². The fourth-order valence-electron chi connectivity index (χ4n) is 5.73. The number of likely N-dealkylation sites (tertiary alicyclic amines) is 1. The Morgan fingerprint density at radius 2 is 1.83 bits per heavy atom. The van der Waals surface area contributed by atoms with Gasteiger partial charge in [0.05, 0.1) is 18.6 Å². The third-order valence-electron chi connectivity index (χ3n) is 8.44. The van der Waals surface area contributed by atoms with Gasteiger partial charge in [0, 0.05) is 43.1 Å². The number of ether oxygens (including phenoxy) is 1. The number of alkyl halides is 3. The molecule has 1 saturated heterocycles. The van der Waals surface area contributed by atoms with Crippen molar-refractivity contribution < 1.29 is 27.5 Å². The maximum Gasteiger partial charge on any atom is 0.421 e. The Balaban J connectivity index is 1.33. The third kappa shape index (κ3) is 6.88. The molecule has 1 aromatic carbocycles. The molecule has 228 valence electrons. The number of benzene rings is 1. The highest BCUT2D eigenvalue weighted by Crippen LogP contribution is 2.37. The lowest BCUT2D eigenvalue weighted by molar-refractivity contribution is -0.137. The van der Waals surface area contributed by atoms with Gasteiger partial charge in [0.1, 0.15) is 17.1 Å². The molecular weight excluding hydrogens is 551 g/mol. The summed E-state index contributed by atoms with van der Waals surface area (Å²) in [6, 6.07) is 4.69. The number of halogens is 3. The largest absolute Gasteiger partial charge is 0.496 e. The van der Waals surface area contributed by atoms with Gasteiger partial charge in [-0.25, -0.2) is 4.98 Å². The van der Waals surface area contributed by atoms with Crippen molar-refractivity contribution in [1.82, 2.24) is 25.1 Å². The number of carbonyl (C=O) groups is 2. The standard InChI is InChI=1S/C29H38F3N7O3/c1-38-13-11-19(12-14-38)39(2)27(41)21-10-9-18(15-24(21)42-3)35-28-33-16-22(29(30,31)32)25(37-28)36-23-6-4-5-20(23)26(40)34-17-7-8-17/h9-10,15-17,19-20,23H,4-8,11-14H2,1-3H3,(H,34,40)(H2,33,35,36,37). The second-order valence-corrected chi connectivity index (χ2v) is 11.5. The summed E-state index contributed by atoms with van der Waals surface area (Å²) >= 11 is 0. The predicted octanol–water partition coefficient (Wildman–Crippen LogP) is 4.27. The first-order valence-electron chi connectivity index (χ1n) is 14.5. The van der Waals surface area contributed by atoms with Gasteiger partial charge in [0.15, 0.2) is 0 Å². The molecule has 2 unspecified atom stereocenters. The summed E-state index contributed by atoms with van der Waals surface area (Å²) in [4.78, 5) is 38.1. The number of amides is 2. The molecule has 5 rings (SSSR count). The van der Waals surface area contributed by atoms with E-state index in [1.54, 1.807) is 30.1 Å². The van der Waals surface area contributed by atoms with E-state index in [1.807, 2.05) is 0 Å². The van der Waals surface area contributed by atoms with E-state index in [4.69, 9.17) is 4.74 Å². The molecule has 0 bridgehead atoms. The van der Waals surface area contributed by atoms with Gasteiger partial charge in [0.2, 0.25) is 11.9 Å². The molecule has 0 spiro atoms. The van der Waals surface area contributed by atoms with Gasteiger partial charge in [-0.15, -0.1) is 0 Å². The molecule has 2 aliphatic carbocycles. The lowest BCUT2D eigenvalue weighted by atomic mass is 10.0. The van der Waals surface area contributed by atoms with Gasteiger partial charge in [0.25, 0.3) is 5.91 Å². The Morgan fingerprint density at radius 1 is 1.10 bits per heavy atom. The van der Waals surface area contributed by atoms with Crippen LogP contribution in [0.1, 0.15) is 60.9 Å². The Labute approximate surface area is 243 Å². The summed E-state index contributed by atoms with van der Waals surface area (Å²) in [7, 11) is 5.31. The van der Waals surface area contributed by atoms with Crippen LogP contribution in [-0.2, 0) is 11.0 Å². The van der Waals surface area contributed by atoms with E-state index in [9.17, 15) is 22.8 Å². The molecule has 2 aromatic rings. The second-order valence-electron chi connectivity index (χ2n) is 11.5. The summed E-state index contributed by atoms with van der Waals surface area (Å²) < 4.78 is 47.1. The van der Waals surface area contributed by atoms with Crippen LogP contribution in [0.3, 0.4) is 0 Å². The van der Waals surface area contributed by atoms with Crippen LogP contribution in [0.15, 0.2) is 24.4 Å². The zero-order valence-corrected chi connectivity index (χ0v) is 24.1. The monoisotopic (exact) mass is 589 g/mol. The van der Waals surface area contributed by atoms with Crippen molar-refractivity contribution >= 4 is 29.3 Å². The first-order valence-corrected chi connectivity index (χ1v) is 14.5. The predicted molar refractivity (Wildman–Crippen MR) is 152 cm³/mol. The van der Waals surface area contributed by atoms with Crippen molar-refractivity contribution in [2.75, 3.05) is 44.9 Å². The van der Waals surface area contributed by atoms with Crippen LogP contribution in [0.2, 0.25) is 0 Å². The Bertz CT molecular complexity index is 1300. The highest BCUT2D eigenvalue weighted by molar-refractivity contribution is 5.97. The molecule has 2 saturated carbocycles. The second kappa shape index (κ2) is 12.3. The van der Waals surface area contributed by atoms with E-state index in [-0.39, 0.29) is 35.7 Å². The number of methoxy groups -OCH3 is 1. The SMILES string of the molecule is COc1cc(Nc2ncc(C(F)(F)F)c(NC3CCCC3C(=O)NC3CC3)n2)ccc1C(=O)N(C)C1CCN(C)CC1. The van der Waals surface area contributed by atoms with E-state index < -0.39 is 23.7 Å². The average Bonchev–Trinajstić information content (AvgIpc) is 3.65. The number of rotatable bonds is 9. The molecule has 2 atom stereocenters. The number of hydrogen-bond acceptors (Lipinski definition) is 8. The summed E-state index contributed by atoms with van der Waals surface area (Å²) in [6.45, 7) is 1.84. The van der Waals surface area contributed by atoms with Crippen LogP contribution in [0.25, 0.3) is 0 Å². The lowest BCUT2D eigenvalue weighted by Gasteiger charge is -2.35. The topological polar surface area (TPSA) is 112 Å². The Hall–Kier alpha value is -3.61. The molecule has 0 radical (unpaired) electrons. The molecule has 3 fully saturated rings. The molecule has 2 amide bonds. The third-order valence-corrected chi connectivity index (χ3v) is 8.44. The van der Waals surface area contributed by atoms with Gasteiger partial charge in [-0.1, -0.05) is 6.42 Å². The van der Waals surface area contributed by atoms with Crippen LogP contribution in [0.5, 0.6) is 5.75 Å². The van der Waals surface area contributed by atoms with Crippen molar-refractivity contribution in [3.8, 4) is 5.75 Å². The number of piperidine rings is 1. The van der Waals surface area contributed by atoms with E-state index >= 15 is 0 Å². The highest BCUT2D eigenvalue weighted by Gasteiger charge is 2.40. The van der Waals surface area contributed by atoms with E-state index in [1.165, 1.54) is 7.11 Å². The number of hydrogen-bond donors (Lipinski definition) is 3. The minimum absolute atomic E-state index is 0.0629. The number of carbonyl (C=O) groups excluding carboxylic acids is 2. The molecule has 10 nitrogen and oxygen atoms in total. The quantitative estimate of drug-likeness (QED) is 0.398. The molecule has 1 aliphatic heterocycles. The normalized spacial score (nSPS) is 21.6. The van der Waals surface area contributed by atoms with Crippen molar-refractivity contribution in [3.05, 3.63) is 35.5 Å².